The van der Waals surface area contributed by atoms with Crippen molar-refractivity contribution in [3.05, 3.63) is 35.4 Å². The van der Waals surface area contributed by atoms with Crippen LogP contribution in [0, 0.1) is 5.92 Å². The fraction of sp³-hybridized carbons (Fsp3) is 0.562. The molecule has 1 amide bonds. The molecule has 0 saturated heterocycles. The van der Waals surface area contributed by atoms with Crippen LogP contribution in [-0.4, -0.2) is 23.6 Å². The molecule has 0 fully saturated rings. The first kappa shape index (κ1) is 16.7. The molecule has 1 rings (SSSR count). The van der Waals surface area contributed by atoms with E-state index in [1.807, 2.05) is 31.2 Å². The van der Waals surface area contributed by atoms with Crippen LogP contribution in [0.1, 0.15) is 38.3 Å². The van der Waals surface area contributed by atoms with Crippen LogP contribution in [0.2, 0.25) is 0 Å². The van der Waals surface area contributed by atoms with Gasteiger partial charge in [-0.3, -0.25) is 4.79 Å². The number of nitrogens with one attached hydrogen (secondary N) is 2. The summed E-state index contributed by atoms with van der Waals surface area (Å²) < 4.78 is 0. The molecule has 0 aliphatic carbocycles. The number of hydrogen-bond acceptors (Lipinski definition) is 3. The minimum atomic E-state index is -0.209. The monoisotopic (exact) mass is 278 g/mol. The molecular formula is C16H26N2O2. The maximum absolute atomic E-state index is 11.8. The van der Waals surface area contributed by atoms with E-state index in [1.165, 1.54) is 0 Å². The Balaban J connectivity index is 2.30. The molecule has 0 aliphatic rings. The van der Waals surface area contributed by atoms with Gasteiger partial charge < -0.3 is 15.7 Å². The van der Waals surface area contributed by atoms with E-state index < -0.39 is 0 Å². The van der Waals surface area contributed by atoms with Crippen LogP contribution in [0.4, 0.5) is 0 Å². The standard InChI is InChI=1S/C16H26N2O2/c1-12(2)8-9-17-16(20)13(3)18-10-14-4-6-15(11-19)7-5-14/h4-7,12-13,18-19H,8-11H2,1-3H3,(H,17,20). The summed E-state index contributed by atoms with van der Waals surface area (Å²) in [5, 5.41) is 15.1. The number of hydrogen-bond donors (Lipinski definition) is 3. The summed E-state index contributed by atoms with van der Waals surface area (Å²) in [6.45, 7) is 7.58. The predicted octanol–water partition coefficient (Wildman–Crippen LogP) is 1.82. The highest BCUT2D eigenvalue weighted by atomic mass is 16.3. The molecule has 1 unspecified atom stereocenters. The number of benzene rings is 1. The van der Waals surface area contributed by atoms with E-state index in [9.17, 15) is 4.79 Å². The average molecular weight is 278 g/mol. The Hall–Kier alpha value is -1.39. The number of carbonyl (C=O) groups excluding carboxylic acids is 1. The molecular weight excluding hydrogens is 252 g/mol. The third-order valence-corrected chi connectivity index (χ3v) is 3.23. The molecule has 4 heteroatoms. The largest absolute Gasteiger partial charge is 0.392 e. The van der Waals surface area contributed by atoms with Gasteiger partial charge in [0.05, 0.1) is 12.6 Å². The zero-order chi connectivity index (χ0) is 15.0. The molecule has 0 heterocycles. The van der Waals surface area contributed by atoms with E-state index in [2.05, 4.69) is 24.5 Å². The van der Waals surface area contributed by atoms with Crippen molar-refractivity contribution in [2.75, 3.05) is 6.54 Å². The molecule has 0 spiro atoms. The van der Waals surface area contributed by atoms with Gasteiger partial charge in [-0.2, -0.15) is 0 Å². The third-order valence-electron chi connectivity index (χ3n) is 3.23. The van der Waals surface area contributed by atoms with Gasteiger partial charge in [-0.1, -0.05) is 38.1 Å². The normalized spacial score (nSPS) is 12.4. The van der Waals surface area contributed by atoms with Gasteiger partial charge >= 0.3 is 0 Å². The van der Waals surface area contributed by atoms with Crippen molar-refractivity contribution in [1.82, 2.24) is 10.6 Å². The lowest BCUT2D eigenvalue weighted by Crippen LogP contribution is -2.42. The zero-order valence-electron chi connectivity index (χ0n) is 12.6. The van der Waals surface area contributed by atoms with Gasteiger partial charge in [0.25, 0.3) is 0 Å². The predicted molar refractivity (Wildman–Crippen MR) is 81.1 cm³/mol. The number of amides is 1. The quantitative estimate of drug-likeness (QED) is 0.680. The van der Waals surface area contributed by atoms with Crippen molar-refractivity contribution in [2.45, 2.75) is 46.4 Å². The highest BCUT2D eigenvalue weighted by Crippen LogP contribution is 2.04. The number of rotatable bonds is 8. The van der Waals surface area contributed by atoms with E-state index in [4.69, 9.17) is 5.11 Å². The molecule has 112 valence electrons. The summed E-state index contributed by atoms with van der Waals surface area (Å²) in [6, 6.07) is 7.50. The molecule has 0 aliphatic heterocycles. The van der Waals surface area contributed by atoms with Gasteiger partial charge in [0.15, 0.2) is 0 Å². The first-order valence-electron chi connectivity index (χ1n) is 7.22. The van der Waals surface area contributed by atoms with Crippen LogP contribution in [0.5, 0.6) is 0 Å². The smallest absolute Gasteiger partial charge is 0.236 e. The molecule has 1 atom stereocenters. The Labute approximate surface area is 121 Å². The van der Waals surface area contributed by atoms with Gasteiger partial charge in [0, 0.05) is 13.1 Å². The minimum absolute atomic E-state index is 0.0395. The number of aliphatic hydroxyl groups is 1. The highest BCUT2D eigenvalue weighted by Gasteiger charge is 2.11. The van der Waals surface area contributed by atoms with Crippen molar-refractivity contribution >= 4 is 5.91 Å². The molecule has 0 aromatic heterocycles. The summed E-state index contributed by atoms with van der Waals surface area (Å²) in [7, 11) is 0. The SMILES string of the molecule is CC(C)CCNC(=O)C(C)NCc1ccc(CO)cc1. The molecule has 0 bridgehead atoms. The van der Waals surface area contributed by atoms with Crippen molar-refractivity contribution in [1.29, 1.82) is 0 Å². The van der Waals surface area contributed by atoms with Crippen LogP contribution in [-0.2, 0) is 17.9 Å². The first-order chi connectivity index (χ1) is 9.52. The van der Waals surface area contributed by atoms with Gasteiger partial charge in [0.1, 0.15) is 0 Å². The third kappa shape index (κ3) is 6.17. The van der Waals surface area contributed by atoms with Crippen LogP contribution in [0.25, 0.3) is 0 Å². The Kier molecular flexibility index (Phi) is 7.26. The number of carbonyl (C=O) groups is 1. The Morgan fingerprint density at radius 3 is 2.30 bits per heavy atom. The van der Waals surface area contributed by atoms with Crippen molar-refractivity contribution in [3.63, 3.8) is 0 Å². The molecule has 0 saturated carbocycles. The first-order valence-corrected chi connectivity index (χ1v) is 7.22. The Morgan fingerprint density at radius 2 is 1.75 bits per heavy atom. The van der Waals surface area contributed by atoms with Crippen molar-refractivity contribution < 1.29 is 9.90 Å². The summed E-state index contributed by atoms with van der Waals surface area (Å²) in [6.07, 6.45) is 1.00. The second-order valence-electron chi connectivity index (χ2n) is 5.55. The van der Waals surface area contributed by atoms with Crippen molar-refractivity contribution in [3.8, 4) is 0 Å². The molecule has 20 heavy (non-hydrogen) atoms. The molecule has 1 aromatic rings. The van der Waals surface area contributed by atoms with E-state index in [0.29, 0.717) is 12.5 Å². The highest BCUT2D eigenvalue weighted by molar-refractivity contribution is 5.81. The number of aliphatic hydroxyl groups excluding tert-OH is 1. The van der Waals surface area contributed by atoms with Crippen LogP contribution >= 0.6 is 0 Å². The zero-order valence-corrected chi connectivity index (χ0v) is 12.6. The second kappa shape index (κ2) is 8.72. The topological polar surface area (TPSA) is 61.4 Å². The van der Waals surface area contributed by atoms with Crippen LogP contribution in [0.3, 0.4) is 0 Å². The molecule has 1 aromatic carbocycles. The molecule has 3 N–H and O–H groups in total. The lowest BCUT2D eigenvalue weighted by Gasteiger charge is -2.15. The van der Waals surface area contributed by atoms with E-state index >= 15 is 0 Å². The van der Waals surface area contributed by atoms with Gasteiger partial charge in [-0.15, -0.1) is 0 Å². The summed E-state index contributed by atoms with van der Waals surface area (Å²) in [5.74, 6) is 0.640. The van der Waals surface area contributed by atoms with Gasteiger partial charge in [-0.25, -0.2) is 0 Å². The molecule has 0 radical (unpaired) electrons. The summed E-state index contributed by atoms with van der Waals surface area (Å²) in [4.78, 5) is 11.8. The van der Waals surface area contributed by atoms with E-state index in [-0.39, 0.29) is 18.6 Å². The lowest BCUT2D eigenvalue weighted by atomic mass is 10.1. The Bertz CT molecular complexity index is 401. The van der Waals surface area contributed by atoms with Gasteiger partial charge in [-0.05, 0) is 30.4 Å². The lowest BCUT2D eigenvalue weighted by molar-refractivity contribution is -0.122. The summed E-state index contributed by atoms with van der Waals surface area (Å²) in [5.41, 5.74) is 2.00. The maximum Gasteiger partial charge on any atom is 0.236 e. The molecule has 4 nitrogen and oxygen atoms in total. The Morgan fingerprint density at radius 1 is 1.15 bits per heavy atom. The van der Waals surface area contributed by atoms with E-state index in [0.717, 1.165) is 24.1 Å². The van der Waals surface area contributed by atoms with Gasteiger partial charge in [0.2, 0.25) is 5.91 Å². The van der Waals surface area contributed by atoms with Crippen LogP contribution < -0.4 is 10.6 Å². The van der Waals surface area contributed by atoms with Crippen molar-refractivity contribution in [2.24, 2.45) is 5.92 Å². The van der Waals surface area contributed by atoms with E-state index in [1.54, 1.807) is 0 Å². The maximum atomic E-state index is 11.8. The van der Waals surface area contributed by atoms with Crippen LogP contribution in [0.15, 0.2) is 24.3 Å². The summed E-state index contributed by atoms with van der Waals surface area (Å²) >= 11 is 0. The fourth-order valence-corrected chi connectivity index (χ4v) is 1.76. The fourth-order valence-electron chi connectivity index (χ4n) is 1.76. The second-order valence-corrected chi connectivity index (χ2v) is 5.55. The average Bonchev–Trinajstić information content (AvgIpc) is 2.44. The minimum Gasteiger partial charge on any atom is -0.392 e.